The van der Waals surface area contributed by atoms with Crippen LogP contribution in [0, 0.1) is 5.92 Å². The molecule has 0 radical (unpaired) electrons. The predicted molar refractivity (Wildman–Crippen MR) is 98.0 cm³/mol. The lowest BCUT2D eigenvalue weighted by Gasteiger charge is -2.23. The van der Waals surface area contributed by atoms with E-state index in [4.69, 9.17) is 9.47 Å². The van der Waals surface area contributed by atoms with Crippen molar-refractivity contribution in [1.82, 2.24) is 10.2 Å². The topological polar surface area (TPSA) is 50.8 Å². The minimum atomic E-state index is 0.160. The van der Waals surface area contributed by atoms with Gasteiger partial charge in [0.25, 0.3) is 0 Å². The molecule has 1 saturated heterocycles. The van der Waals surface area contributed by atoms with Crippen LogP contribution in [-0.4, -0.2) is 44.2 Å². The second kappa shape index (κ2) is 8.09. The Hall–Kier alpha value is -1.75. The highest BCUT2D eigenvalue weighted by Crippen LogP contribution is 2.31. The molecule has 2 aliphatic rings. The van der Waals surface area contributed by atoms with Crippen molar-refractivity contribution in [3.63, 3.8) is 0 Å². The second-order valence-corrected chi connectivity index (χ2v) is 7.25. The molecule has 0 spiro atoms. The largest absolute Gasteiger partial charge is 0.497 e. The summed E-state index contributed by atoms with van der Waals surface area (Å²) >= 11 is 0. The van der Waals surface area contributed by atoms with Gasteiger partial charge >= 0.3 is 0 Å². The van der Waals surface area contributed by atoms with Gasteiger partial charge in [0.2, 0.25) is 5.91 Å². The lowest BCUT2D eigenvalue weighted by Crippen LogP contribution is -2.38. The molecule has 1 saturated carbocycles. The monoisotopic (exact) mass is 346 g/mol. The predicted octanol–water partition coefficient (Wildman–Crippen LogP) is 3.15. The van der Waals surface area contributed by atoms with Crippen molar-refractivity contribution in [3.05, 3.63) is 23.8 Å². The van der Waals surface area contributed by atoms with Crippen LogP contribution in [0.3, 0.4) is 0 Å². The molecule has 0 aromatic heterocycles. The molecule has 3 rings (SSSR count). The van der Waals surface area contributed by atoms with Crippen LogP contribution in [0.25, 0.3) is 0 Å². The lowest BCUT2D eigenvalue weighted by atomic mass is 10.1. The van der Waals surface area contributed by atoms with Crippen molar-refractivity contribution in [2.24, 2.45) is 5.92 Å². The number of carbonyl (C=O) groups excluding carboxylic acids is 1. The molecule has 5 nitrogen and oxygen atoms in total. The fourth-order valence-corrected chi connectivity index (χ4v) is 4.15. The van der Waals surface area contributed by atoms with Crippen molar-refractivity contribution < 1.29 is 14.3 Å². The minimum Gasteiger partial charge on any atom is -0.497 e. The van der Waals surface area contributed by atoms with E-state index in [0.717, 1.165) is 49.4 Å². The summed E-state index contributed by atoms with van der Waals surface area (Å²) in [5, 5.41) is 3.67. The third-order valence-electron chi connectivity index (χ3n) is 5.60. The number of carbonyl (C=O) groups is 1. The Kier molecular flexibility index (Phi) is 5.84. The Balaban J connectivity index is 1.58. The molecule has 1 aliphatic heterocycles. The Morgan fingerprint density at radius 3 is 2.64 bits per heavy atom. The van der Waals surface area contributed by atoms with Gasteiger partial charge in [0.15, 0.2) is 0 Å². The normalized spacial score (nSPS) is 22.2. The zero-order valence-corrected chi connectivity index (χ0v) is 15.6. The van der Waals surface area contributed by atoms with Gasteiger partial charge in [-0.05, 0) is 32.3 Å². The van der Waals surface area contributed by atoms with Gasteiger partial charge in [-0.1, -0.05) is 18.9 Å². The van der Waals surface area contributed by atoms with Gasteiger partial charge in [0.1, 0.15) is 11.5 Å². The number of nitrogens with zero attached hydrogens (tertiary/aromatic N) is 1. The maximum absolute atomic E-state index is 12.6. The highest BCUT2D eigenvalue weighted by Gasteiger charge is 2.32. The van der Waals surface area contributed by atoms with Crippen LogP contribution in [0.4, 0.5) is 0 Å². The molecule has 5 heteroatoms. The van der Waals surface area contributed by atoms with E-state index < -0.39 is 0 Å². The van der Waals surface area contributed by atoms with Crippen LogP contribution >= 0.6 is 0 Å². The average molecular weight is 346 g/mol. The SMILES string of the molecule is COc1ccc(C(C)NC2CCN(C(=O)C3CCCC3)C2)c(OC)c1. The van der Waals surface area contributed by atoms with E-state index >= 15 is 0 Å². The van der Waals surface area contributed by atoms with Crippen LogP contribution in [0.1, 0.15) is 50.6 Å². The molecular weight excluding hydrogens is 316 g/mol. The zero-order valence-electron chi connectivity index (χ0n) is 15.6. The summed E-state index contributed by atoms with van der Waals surface area (Å²) in [5.41, 5.74) is 1.11. The minimum absolute atomic E-state index is 0.160. The van der Waals surface area contributed by atoms with Crippen LogP contribution in [0.2, 0.25) is 0 Å². The number of rotatable bonds is 6. The van der Waals surface area contributed by atoms with E-state index in [-0.39, 0.29) is 12.0 Å². The van der Waals surface area contributed by atoms with E-state index in [9.17, 15) is 4.79 Å². The van der Waals surface area contributed by atoms with Crippen molar-refractivity contribution in [2.75, 3.05) is 27.3 Å². The highest BCUT2D eigenvalue weighted by atomic mass is 16.5. The van der Waals surface area contributed by atoms with Crippen LogP contribution in [0.15, 0.2) is 18.2 Å². The van der Waals surface area contributed by atoms with Gasteiger partial charge in [-0.15, -0.1) is 0 Å². The van der Waals surface area contributed by atoms with Gasteiger partial charge in [-0.2, -0.15) is 0 Å². The molecular formula is C20H30N2O3. The van der Waals surface area contributed by atoms with E-state index in [1.165, 1.54) is 12.8 Å². The van der Waals surface area contributed by atoms with E-state index in [1.807, 2.05) is 18.2 Å². The molecule has 0 bridgehead atoms. The van der Waals surface area contributed by atoms with E-state index in [1.54, 1.807) is 14.2 Å². The summed E-state index contributed by atoms with van der Waals surface area (Å²) in [6.45, 7) is 3.84. The molecule has 1 heterocycles. The Bertz CT molecular complexity index is 599. The van der Waals surface area contributed by atoms with Gasteiger partial charge < -0.3 is 19.7 Å². The van der Waals surface area contributed by atoms with Crippen molar-refractivity contribution in [2.45, 2.75) is 51.1 Å². The maximum Gasteiger partial charge on any atom is 0.225 e. The molecule has 1 N–H and O–H groups in total. The molecule has 1 aromatic carbocycles. The summed E-state index contributed by atoms with van der Waals surface area (Å²) in [5.74, 6) is 2.27. The molecule has 25 heavy (non-hydrogen) atoms. The number of nitrogens with one attached hydrogen (secondary N) is 1. The van der Waals surface area contributed by atoms with Crippen LogP contribution in [0.5, 0.6) is 11.5 Å². The number of hydrogen-bond acceptors (Lipinski definition) is 4. The molecule has 1 amide bonds. The Labute approximate surface area is 150 Å². The second-order valence-electron chi connectivity index (χ2n) is 7.25. The number of benzene rings is 1. The molecule has 1 aliphatic carbocycles. The van der Waals surface area contributed by atoms with Crippen molar-refractivity contribution in [3.8, 4) is 11.5 Å². The standard InChI is InChI=1S/C20H30N2O3/c1-14(18-9-8-17(24-2)12-19(18)25-3)21-16-10-11-22(13-16)20(23)15-6-4-5-7-15/h8-9,12,14-16,21H,4-7,10-11,13H2,1-3H3. The van der Waals surface area contributed by atoms with Crippen molar-refractivity contribution >= 4 is 5.91 Å². The van der Waals surface area contributed by atoms with Crippen LogP contribution < -0.4 is 14.8 Å². The van der Waals surface area contributed by atoms with Gasteiger partial charge in [0, 0.05) is 42.7 Å². The number of ether oxygens (including phenoxy) is 2. The van der Waals surface area contributed by atoms with Gasteiger partial charge in [-0.25, -0.2) is 0 Å². The zero-order chi connectivity index (χ0) is 17.8. The fourth-order valence-electron chi connectivity index (χ4n) is 4.15. The summed E-state index contributed by atoms with van der Waals surface area (Å²) in [7, 11) is 3.34. The first-order valence-corrected chi connectivity index (χ1v) is 9.39. The summed E-state index contributed by atoms with van der Waals surface area (Å²) in [6, 6.07) is 6.42. The Morgan fingerprint density at radius 1 is 1.20 bits per heavy atom. The molecule has 1 aromatic rings. The van der Waals surface area contributed by atoms with Gasteiger partial charge in [0.05, 0.1) is 14.2 Å². The summed E-state index contributed by atoms with van der Waals surface area (Å²) < 4.78 is 10.8. The van der Waals surface area contributed by atoms with Crippen LogP contribution in [-0.2, 0) is 4.79 Å². The lowest BCUT2D eigenvalue weighted by molar-refractivity contribution is -0.134. The average Bonchev–Trinajstić information content (AvgIpc) is 3.32. The third-order valence-corrected chi connectivity index (χ3v) is 5.60. The molecule has 2 fully saturated rings. The summed E-state index contributed by atoms with van der Waals surface area (Å²) in [6.07, 6.45) is 5.58. The smallest absolute Gasteiger partial charge is 0.225 e. The highest BCUT2D eigenvalue weighted by molar-refractivity contribution is 5.79. The number of likely N-dealkylation sites (tertiary alicyclic amines) is 1. The number of amides is 1. The van der Waals surface area contributed by atoms with E-state index in [2.05, 4.69) is 17.1 Å². The first-order valence-electron chi connectivity index (χ1n) is 9.39. The summed E-state index contributed by atoms with van der Waals surface area (Å²) in [4.78, 5) is 14.6. The molecule has 2 atom stereocenters. The van der Waals surface area contributed by atoms with E-state index in [0.29, 0.717) is 11.9 Å². The van der Waals surface area contributed by atoms with Crippen molar-refractivity contribution in [1.29, 1.82) is 0 Å². The molecule has 138 valence electrons. The third kappa shape index (κ3) is 4.09. The van der Waals surface area contributed by atoms with Gasteiger partial charge in [-0.3, -0.25) is 4.79 Å². The fraction of sp³-hybridized carbons (Fsp3) is 0.650. The first-order chi connectivity index (χ1) is 12.1. The maximum atomic E-state index is 12.6. The number of methoxy groups -OCH3 is 2. The molecule has 2 unspecified atom stereocenters. The first kappa shape index (κ1) is 18.1. The quantitative estimate of drug-likeness (QED) is 0.860. The number of hydrogen-bond donors (Lipinski definition) is 1. The Morgan fingerprint density at radius 2 is 1.96 bits per heavy atom.